The van der Waals surface area contributed by atoms with E-state index in [4.69, 9.17) is 4.98 Å². The molecule has 1 N–H and O–H groups in total. The molecule has 146 valence electrons. The Kier molecular flexibility index (Phi) is 3.97. The highest BCUT2D eigenvalue weighted by molar-refractivity contribution is 5.98. The monoisotopic (exact) mass is 381 g/mol. The maximum atomic E-state index is 5.21. The molecule has 0 aliphatic heterocycles. The molecule has 1 heterocycles. The minimum Gasteiger partial charge on any atom is -0.279 e. The molecule has 0 radical (unpaired) electrons. The molecular weight excluding hydrogens is 354 g/mol. The van der Waals surface area contributed by atoms with E-state index >= 15 is 0 Å². The van der Waals surface area contributed by atoms with E-state index in [-0.39, 0.29) is 0 Å². The number of rotatable bonds is 4. The molecule has 3 nitrogen and oxygen atoms in total. The third-order valence-corrected chi connectivity index (χ3v) is 7.50. The largest absolute Gasteiger partial charge is 0.279 e. The number of nitrogens with zero attached hydrogens (tertiary/aromatic N) is 2. The Bertz CT molecular complexity index is 1030. The lowest BCUT2D eigenvalue weighted by molar-refractivity contribution is -0.00706. The molecule has 0 unspecified atom stereocenters. The first-order chi connectivity index (χ1) is 14.3. The van der Waals surface area contributed by atoms with Crippen LogP contribution in [0.1, 0.15) is 49.8 Å². The average Bonchev–Trinajstić information content (AvgIpc) is 2.73. The van der Waals surface area contributed by atoms with Crippen LogP contribution in [0.2, 0.25) is 0 Å². The molecule has 1 aromatic heterocycles. The highest BCUT2D eigenvalue weighted by Crippen LogP contribution is 2.60. The van der Waals surface area contributed by atoms with Gasteiger partial charge in [0.15, 0.2) is 0 Å². The van der Waals surface area contributed by atoms with Gasteiger partial charge in [-0.3, -0.25) is 10.4 Å². The summed E-state index contributed by atoms with van der Waals surface area (Å²) in [5, 5.41) is 5.73. The summed E-state index contributed by atoms with van der Waals surface area (Å²) in [7, 11) is 0. The van der Waals surface area contributed by atoms with Gasteiger partial charge in [0, 0.05) is 22.1 Å². The second-order valence-electron chi connectivity index (χ2n) is 9.55. The number of anilines is 1. The summed E-state index contributed by atoms with van der Waals surface area (Å²) in [4.78, 5) is 5.21. The van der Waals surface area contributed by atoms with Crippen molar-refractivity contribution in [3.8, 4) is 0 Å². The number of para-hydroxylation sites is 2. The summed E-state index contributed by atoms with van der Waals surface area (Å²) in [5.41, 5.74) is 8.05. The Hall–Kier alpha value is -2.68. The molecule has 4 aliphatic carbocycles. The van der Waals surface area contributed by atoms with Crippen molar-refractivity contribution in [3.63, 3.8) is 0 Å². The molecule has 29 heavy (non-hydrogen) atoms. The van der Waals surface area contributed by atoms with Crippen molar-refractivity contribution in [1.82, 2.24) is 4.98 Å². The fraction of sp³-hybridized carbons (Fsp3) is 0.385. The van der Waals surface area contributed by atoms with E-state index in [0.29, 0.717) is 5.41 Å². The number of fused-ring (bicyclic) bond motifs is 1. The predicted octanol–water partition coefficient (Wildman–Crippen LogP) is 6.15. The molecule has 0 spiro atoms. The zero-order chi connectivity index (χ0) is 19.3. The Balaban J connectivity index is 1.39. The molecule has 4 fully saturated rings. The van der Waals surface area contributed by atoms with Gasteiger partial charge in [0.25, 0.3) is 0 Å². The minimum absolute atomic E-state index is 0.300. The molecule has 4 aliphatic rings. The van der Waals surface area contributed by atoms with Crippen LogP contribution in [0.5, 0.6) is 0 Å². The number of benzene rings is 2. The fourth-order valence-corrected chi connectivity index (χ4v) is 6.69. The quantitative estimate of drug-likeness (QED) is 0.435. The van der Waals surface area contributed by atoms with Crippen molar-refractivity contribution in [2.24, 2.45) is 22.9 Å². The number of nitrogens with one attached hydrogen (secondary N) is 1. The summed E-state index contributed by atoms with van der Waals surface area (Å²) >= 11 is 0. The van der Waals surface area contributed by atoms with Crippen LogP contribution in [0, 0.1) is 17.8 Å². The van der Waals surface area contributed by atoms with Crippen molar-refractivity contribution in [1.29, 1.82) is 0 Å². The summed E-state index contributed by atoms with van der Waals surface area (Å²) in [6, 6.07) is 21.0. The number of hydrogen-bond donors (Lipinski definition) is 1. The van der Waals surface area contributed by atoms with Crippen molar-refractivity contribution in [3.05, 3.63) is 71.9 Å². The second kappa shape index (κ2) is 6.69. The van der Waals surface area contributed by atoms with Crippen LogP contribution in [-0.2, 0) is 5.41 Å². The number of hydrazone groups is 1. The van der Waals surface area contributed by atoms with Gasteiger partial charge >= 0.3 is 0 Å². The van der Waals surface area contributed by atoms with Gasteiger partial charge in [-0.1, -0.05) is 36.4 Å². The van der Waals surface area contributed by atoms with Crippen LogP contribution in [0.4, 0.5) is 5.69 Å². The number of aromatic nitrogens is 1. The summed E-state index contributed by atoms with van der Waals surface area (Å²) in [5.74, 6) is 2.77. The molecule has 3 heteroatoms. The van der Waals surface area contributed by atoms with Gasteiger partial charge in [-0.25, -0.2) is 0 Å². The highest BCUT2D eigenvalue weighted by Gasteiger charge is 2.52. The second-order valence-corrected chi connectivity index (χ2v) is 9.55. The summed E-state index contributed by atoms with van der Waals surface area (Å²) in [6.45, 7) is 0. The molecule has 2 aromatic carbocycles. The Morgan fingerprint density at radius 1 is 0.862 bits per heavy atom. The van der Waals surface area contributed by atoms with Crippen LogP contribution >= 0.6 is 0 Å². The van der Waals surface area contributed by atoms with Crippen LogP contribution in [0.25, 0.3) is 10.9 Å². The van der Waals surface area contributed by atoms with E-state index in [1.807, 2.05) is 36.5 Å². The lowest BCUT2D eigenvalue weighted by Gasteiger charge is -2.56. The fourth-order valence-electron chi connectivity index (χ4n) is 6.69. The molecule has 0 atom stereocenters. The molecule has 4 bridgehead atoms. The first-order valence-electron chi connectivity index (χ1n) is 11.0. The highest BCUT2D eigenvalue weighted by atomic mass is 15.3. The topological polar surface area (TPSA) is 37.3 Å². The predicted molar refractivity (Wildman–Crippen MR) is 119 cm³/mol. The van der Waals surface area contributed by atoms with Crippen LogP contribution in [0.3, 0.4) is 0 Å². The maximum Gasteiger partial charge on any atom is 0.0712 e. The van der Waals surface area contributed by atoms with Gasteiger partial charge in [-0.15, -0.1) is 0 Å². The van der Waals surface area contributed by atoms with E-state index in [2.05, 4.69) is 40.9 Å². The maximum absolute atomic E-state index is 5.21. The van der Waals surface area contributed by atoms with Gasteiger partial charge in [0.1, 0.15) is 0 Å². The zero-order valence-electron chi connectivity index (χ0n) is 16.7. The van der Waals surface area contributed by atoms with Gasteiger partial charge < -0.3 is 0 Å². The number of pyridine rings is 1. The Morgan fingerprint density at radius 2 is 1.52 bits per heavy atom. The average molecular weight is 382 g/mol. The van der Waals surface area contributed by atoms with Crippen LogP contribution < -0.4 is 5.43 Å². The molecule has 0 amide bonds. The first-order valence-corrected chi connectivity index (χ1v) is 11.0. The van der Waals surface area contributed by atoms with E-state index in [0.717, 1.165) is 29.0 Å². The van der Waals surface area contributed by atoms with Crippen molar-refractivity contribution in [2.75, 3.05) is 5.43 Å². The zero-order valence-corrected chi connectivity index (χ0v) is 16.7. The van der Waals surface area contributed by atoms with Crippen molar-refractivity contribution >= 4 is 22.8 Å². The molecule has 3 aromatic rings. The minimum atomic E-state index is 0.300. The van der Waals surface area contributed by atoms with E-state index < -0.39 is 0 Å². The van der Waals surface area contributed by atoms with Gasteiger partial charge in [-0.2, -0.15) is 5.10 Å². The Morgan fingerprint density at radius 3 is 2.24 bits per heavy atom. The van der Waals surface area contributed by atoms with Gasteiger partial charge in [0.2, 0.25) is 0 Å². The summed E-state index contributed by atoms with van der Waals surface area (Å²) < 4.78 is 0. The third kappa shape index (κ3) is 3.04. The van der Waals surface area contributed by atoms with Gasteiger partial charge in [-0.05, 0) is 80.5 Å². The number of hydrogen-bond acceptors (Lipinski definition) is 3. The smallest absolute Gasteiger partial charge is 0.0712 e. The third-order valence-electron chi connectivity index (χ3n) is 7.50. The van der Waals surface area contributed by atoms with Gasteiger partial charge in [0.05, 0.1) is 17.4 Å². The normalized spacial score (nSPS) is 30.3. The lowest BCUT2D eigenvalue weighted by atomic mass is 9.48. The summed E-state index contributed by atoms with van der Waals surface area (Å²) in [6.07, 6.45) is 10.4. The SMILES string of the molecule is C(=N\Nc1ccccc1)/c1cc(C23CC4CC(CC(C4)C2)C3)nc2ccccc12. The molecular formula is C26H27N3. The molecule has 0 saturated heterocycles. The van der Waals surface area contributed by atoms with E-state index in [1.54, 1.807) is 0 Å². The lowest BCUT2D eigenvalue weighted by Crippen LogP contribution is -2.49. The van der Waals surface area contributed by atoms with Crippen molar-refractivity contribution in [2.45, 2.75) is 43.9 Å². The standard InChI is InChI=1S/C26H27N3/c1-2-6-22(7-3-1)29-27-17-21-13-25(28-24-9-5-4-8-23(21)24)26-14-18-10-19(15-26)12-20(11-18)16-26/h1-9,13,17-20,29H,10-12,14-16H2/b27-17+. The van der Waals surface area contributed by atoms with Crippen molar-refractivity contribution < 1.29 is 0 Å². The van der Waals surface area contributed by atoms with Crippen LogP contribution in [-0.4, -0.2) is 11.2 Å². The first kappa shape index (κ1) is 17.2. The van der Waals surface area contributed by atoms with E-state index in [9.17, 15) is 0 Å². The van der Waals surface area contributed by atoms with E-state index in [1.165, 1.54) is 55.2 Å². The van der Waals surface area contributed by atoms with Crippen LogP contribution in [0.15, 0.2) is 65.8 Å². The Labute approximate surface area is 172 Å². The molecule has 7 rings (SSSR count). The molecule has 4 saturated carbocycles.